The van der Waals surface area contributed by atoms with Crippen LogP contribution in [0.5, 0.6) is 17.2 Å². The molecule has 1 spiro atoms. The van der Waals surface area contributed by atoms with Crippen LogP contribution in [0, 0.1) is 11.8 Å². The molecule has 1 saturated carbocycles. The van der Waals surface area contributed by atoms with E-state index in [1.165, 1.54) is 4.31 Å². The molecule has 4 aromatic rings. The molecule has 2 heterocycles. The van der Waals surface area contributed by atoms with Gasteiger partial charge in [0.05, 0.1) is 44.1 Å². The summed E-state index contributed by atoms with van der Waals surface area (Å²) >= 11 is 6.42. The van der Waals surface area contributed by atoms with Crippen LogP contribution in [0.4, 0.5) is 5.69 Å². The van der Waals surface area contributed by atoms with Gasteiger partial charge in [0, 0.05) is 24.7 Å². The first kappa shape index (κ1) is 36.3. The van der Waals surface area contributed by atoms with Crippen molar-refractivity contribution in [2.75, 3.05) is 45.4 Å². The smallest absolute Gasteiger partial charge is 0.243 e. The molecular weight excluding hydrogens is 700 g/mol. The molecule has 0 aromatic heterocycles. The number of anilines is 1. The third kappa shape index (κ3) is 7.27. The lowest BCUT2D eigenvalue weighted by atomic mass is 9.70. The molecule has 11 heteroatoms. The van der Waals surface area contributed by atoms with E-state index in [1.54, 1.807) is 38.5 Å². The predicted molar refractivity (Wildman–Crippen MR) is 202 cm³/mol. The summed E-state index contributed by atoms with van der Waals surface area (Å²) < 4.78 is 54.9. The molecule has 274 valence electrons. The molecule has 1 aliphatic carbocycles. The molecular formula is C41H45ClN2O7S. The highest BCUT2D eigenvalue weighted by Gasteiger charge is 2.45. The number of fused-ring (bicyclic) bond motifs is 3. The lowest BCUT2D eigenvalue weighted by Crippen LogP contribution is -2.51. The van der Waals surface area contributed by atoms with Gasteiger partial charge in [0.15, 0.2) is 0 Å². The molecule has 0 saturated heterocycles. The number of rotatable bonds is 12. The fourth-order valence-electron chi connectivity index (χ4n) is 7.69. The summed E-state index contributed by atoms with van der Waals surface area (Å²) in [4.78, 5) is 2.36. The molecule has 7 rings (SSSR count). The molecule has 0 bridgehead atoms. The molecule has 1 fully saturated rings. The van der Waals surface area contributed by atoms with Gasteiger partial charge in [0.2, 0.25) is 10.0 Å². The second kappa shape index (κ2) is 15.1. The second-order valence-corrected chi connectivity index (χ2v) is 16.3. The summed E-state index contributed by atoms with van der Waals surface area (Å²) in [6.45, 7) is 5.91. The van der Waals surface area contributed by atoms with Gasteiger partial charge in [-0.3, -0.25) is 0 Å². The van der Waals surface area contributed by atoms with E-state index >= 15 is 0 Å². The van der Waals surface area contributed by atoms with E-state index in [0.29, 0.717) is 47.7 Å². The third-order valence-corrected chi connectivity index (χ3v) is 12.8. The number of aliphatic hydroxyl groups excluding tert-OH is 1. The molecule has 52 heavy (non-hydrogen) atoms. The van der Waals surface area contributed by atoms with E-state index in [9.17, 15) is 13.5 Å². The largest absolute Gasteiger partial charge is 0.497 e. The fraction of sp³-hybridized carbons (Fsp3) is 0.366. The highest BCUT2D eigenvalue weighted by Crippen LogP contribution is 2.45. The van der Waals surface area contributed by atoms with Gasteiger partial charge in [-0.2, -0.15) is 4.31 Å². The van der Waals surface area contributed by atoms with Crippen LogP contribution in [0.1, 0.15) is 35.1 Å². The van der Waals surface area contributed by atoms with Crippen molar-refractivity contribution in [2.45, 2.75) is 49.0 Å². The number of hydrogen-bond acceptors (Lipinski definition) is 8. The van der Waals surface area contributed by atoms with Gasteiger partial charge >= 0.3 is 0 Å². The first-order valence-corrected chi connectivity index (χ1v) is 19.5. The van der Waals surface area contributed by atoms with Crippen molar-refractivity contribution < 1.29 is 32.5 Å². The van der Waals surface area contributed by atoms with E-state index in [2.05, 4.69) is 11.5 Å². The Morgan fingerprint density at radius 1 is 0.981 bits per heavy atom. The van der Waals surface area contributed by atoms with Crippen molar-refractivity contribution in [3.05, 3.63) is 125 Å². The summed E-state index contributed by atoms with van der Waals surface area (Å²) in [5.41, 5.74) is 3.66. The Hall–Kier alpha value is -4.06. The van der Waals surface area contributed by atoms with Crippen molar-refractivity contribution in [1.29, 1.82) is 0 Å². The Labute approximate surface area is 311 Å². The van der Waals surface area contributed by atoms with Gasteiger partial charge in [0.25, 0.3) is 0 Å². The molecule has 4 atom stereocenters. The van der Waals surface area contributed by atoms with Crippen molar-refractivity contribution >= 4 is 27.3 Å². The number of hydrogen-bond donors (Lipinski definition) is 1. The third-order valence-electron chi connectivity index (χ3n) is 10.8. The fourth-order valence-corrected chi connectivity index (χ4v) is 9.33. The average molecular weight is 745 g/mol. The monoisotopic (exact) mass is 744 g/mol. The van der Waals surface area contributed by atoms with E-state index < -0.39 is 21.7 Å². The zero-order chi connectivity index (χ0) is 36.5. The summed E-state index contributed by atoms with van der Waals surface area (Å²) in [6.07, 6.45) is 3.57. The van der Waals surface area contributed by atoms with Crippen LogP contribution >= 0.6 is 11.6 Å². The normalized spacial score (nSPS) is 21.7. The molecule has 1 N–H and O–H groups in total. The van der Waals surface area contributed by atoms with Crippen LogP contribution < -0.4 is 19.1 Å². The van der Waals surface area contributed by atoms with Crippen molar-refractivity contribution in [1.82, 2.24) is 4.31 Å². The number of nitrogens with zero attached hydrogens (tertiary/aromatic N) is 2. The standard InChI is InChI=1S/C41H45ClN2O7S/c1-4-39(45)36-16-9-31(36)25-43-26-41(37-17-10-32(42)21-30(37)19-20-51-41)27-50-40-18-15-35(22-38(40)43)52(46,47)44(23-28-5-11-33(48-2)12-6-28)24-29-7-13-34(49-3)14-8-29/h4-8,10-15,17-18,21-22,31,36,39,45H,1,9,16,19-20,23-27H2,2-3H3/t31-,36+,39-,41+/m0/s1. The highest BCUT2D eigenvalue weighted by molar-refractivity contribution is 7.89. The summed E-state index contributed by atoms with van der Waals surface area (Å²) in [7, 11) is -0.841. The zero-order valence-corrected chi connectivity index (χ0v) is 31.1. The van der Waals surface area contributed by atoms with E-state index in [4.69, 9.17) is 30.5 Å². The van der Waals surface area contributed by atoms with Gasteiger partial charge in [-0.1, -0.05) is 48.0 Å². The van der Waals surface area contributed by atoms with Crippen LogP contribution in [0.25, 0.3) is 0 Å². The molecule has 3 aliphatic rings. The van der Waals surface area contributed by atoms with Crippen LogP contribution in [-0.4, -0.2) is 64.5 Å². The van der Waals surface area contributed by atoms with Gasteiger partial charge in [-0.15, -0.1) is 6.58 Å². The number of methoxy groups -OCH3 is 2. The van der Waals surface area contributed by atoms with Gasteiger partial charge in [0.1, 0.15) is 29.5 Å². The molecule has 4 aromatic carbocycles. The van der Waals surface area contributed by atoms with Crippen LogP contribution in [0.15, 0.2) is 102 Å². The number of benzene rings is 4. The lowest BCUT2D eigenvalue weighted by Gasteiger charge is -2.45. The average Bonchev–Trinajstić information content (AvgIpc) is 3.30. The van der Waals surface area contributed by atoms with E-state index in [0.717, 1.165) is 41.5 Å². The molecule has 9 nitrogen and oxygen atoms in total. The Balaban J connectivity index is 1.27. The van der Waals surface area contributed by atoms with Crippen LogP contribution in [0.3, 0.4) is 0 Å². The first-order valence-electron chi connectivity index (χ1n) is 17.6. The maximum atomic E-state index is 14.8. The first-order chi connectivity index (χ1) is 25.1. The minimum Gasteiger partial charge on any atom is -0.497 e. The molecule has 0 radical (unpaired) electrons. The topological polar surface area (TPSA) is 97.8 Å². The number of sulfonamides is 1. The number of ether oxygens (including phenoxy) is 4. The van der Waals surface area contributed by atoms with Crippen LogP contribution in [0.2, 0.25) is 5.02 Å². The zero-order valence-electron chi connectivity index (χ0n) is 29.5. The Morgan fingerprint density at radius 3 is 2.25 bits per heavy atom. The molecule has 0 amide bonds. The Kier molecular flexibility index (Phi) is 10.6. The van der Waals surface area contributed by atoms with Crippen molar-refractivity contribution in [2.24, 2.45) is 11.8 Å². The molecule has 0 unspecified atom stereocenters. The van der Waals surface area contributed by atoms with E-state index in [-0.39, 0.29) is 36.4 Å². The summed E-state index contributed by atoms with van der Waals surface area (Å²) in [6, 6.07) is 25.9. The Bertz CT molecular complexity index is 1960. The predicted octanol–water partition coefficient (Wildman–Crippen LogP) is 6.99. The maximum absolute atomic E-state index is 14.8. The van der Waals surface area contributed by atoms with Gasteiger partial charge in [-0.05, 0) is 108 Å². The molecule has 2 aliphatic heterocycles. The second-order valence-electron chi connectivity index (χ2n) is 13.9. The summed E-state index contributed by atoms with van der Waals surface area (Å²) in [5, 5.41) is 11.4. The minimum absolute atomic E-state index is 0.0656. The maximum Gasteiger partial charge on any atom is 0.243 e. The van der Waals surface area contributed by atoms with Gasteiger partial charge < -0.3 is 29.0 Å². The van der Waals surface area contributed by atoms with Crippen molar-refractivity contribution in [3.63, 3.8) is 0 Å². The minimum atomic E-state index is -4.04. The Morgan fingerprint density at radius 2 is 1.65 bits per heavy atom. The SMILES string of the molecule is C=C[C@H](O)[C@@H]1CC[C@H]1CN1C[C@]2(COc3ccc(S(=O)(=O)N(Cc4ccc(OC)cc4)Cc4ccc(OC)cc4)cc31)OCCc1cc(Cl)ccc12. The number of aliphatic hydroxyl groups is 1. The van der Waals surface area contributed by atoms with Crippen molar-refractivity contribution in [3.8, 4) is 17.2 Å². The quantitative estimate of drug-likeness (QED) is 0.155. The lowest BCUT2D eigenvalue weighted by molar-refractivity contribution is -0.0794. The summed E-state index contributed by atoms with van der Waals surface area (Å²) in [5.74, 6) is 2.21. The van der Waals surface area contributed by atoms with Gasteiger partial charge in [-0.25, -0.2) is 8.42 Å². The van der Waals surface area contributed by atoms with Crippen LogP contribution in [-0.2, 0) is 39.9 Å². The number of halogens is 1. The van der Waals surface area contributed by atoms with E-state index in [1.807, 2.05) is 66.7 Å². The highest BCUT2D eigenvalue weighted by atomic mass is 35.5.